The Morgan fingerprint density at radius 3 is 2.29 bits per heavy atom. The van der Waals surface area contributed by atoms with Gasteiger partial charge < -0.3 is 10.6 Å². The van der Waals surface area contributed by atoms with Gasteiger partial charge in [0.2, 0.25) is 5.91 Å². The van der Waals surface area contributed by atoms with Gasteiger partial charge in [0.25, 0.3) is 5.91 Å². The van der Waals surface area contributed by atoms with Crippen molar-refractivity contribution in [2.45, 2.75) is 25.3 Å². The summed E-state index contributed by atoms with van der Waals surface area (Å²) >= 11 is 0. The molecule has 124 valence electrons. The van der Waals surface area contributed by atoms with Crippen molar-refractivity contribution in [3.8, 4) is 11.1 Å². The number of carbonyl (C=O) groups excluding carboxylic acids is 2. The molecule has 0 radical (unpaired) electrons. The summed E-state index contributed by atoms with van der Waals surface area (Å²) in [4.78, 5) is 23.7. The van der Waals surface area contributed by atoms with Gasteiger partial charge in [0, 0.05) is 24.6 Å². The summed E-state index contributed by atoms with van der Waals surface area (Å²) in [6.45, 7) is 0.591. The van der Waals surface area contributed by atoms with Gasteiger partial charge in [0.1, 0.15) is 5.82 Å². The van der Waals surface area contributed by atoms with Crippen molar-refractivity contribution in [1.82, 2.24) is 10.6 Å². The second-order valence-electron chi connectivity index (χ2n) is 5.93. The molecule has 5 heteroatoms. The average molecular weight is 326 g/mol. The first-order valence-electron chi connectivity index (χ1n) is 8.05. The van der Waals surface area contributed by atoms with E-state index in [1.165, 1.54) is 12.1 Å². The molecule has 1 atom stereocenters. The van der Waals surface area contributed by atoms with E-state index in [2.05, 4.69) is 10.6 Å². The van der Waals surface area contributed by atoms with E-state index in [0.29, 0.717) is 24.9 Å². The van der Waals surface area contributed by atoms with E-state index in [0.717, 1.165) is 17.5 Å². The molecule has 0 bridgehead atoms. The Balaban J connectivity index is 1.65. The van der Waals surface area contributed by atoms with Crippen LogP contribution in [0.25, 0.3) is 11.1 Å². The van der Waals surface area contributed by atoms with Crippen LogP contribution in [0, 0.1) is 5.82 Å². The first-order valence-corrected chi connectivity index (χ1v) is 8.05. The van der Waals surface area contributed by atoms with Crippen molar-refractivity contribution < 1.29 is 14.0 Å². The fourth-order valence-electron chi connectivity index (χ4n) is 2.79. The van der Waals surface area contributed by atoms with Crippen molar-refractivity contribution in [2.75, 3.05) is 6.54 Å². The molecule has 2 N–H and O–H groups in total. The van der Waals surface area contributed by atoms with E-state index in [4.69, 9.17) is 0 Å². The lowest BCUT2D eigenvalue weighted by molar-refractivity contribution is -0.120. The first kappa shape index (κ1) is 16.2. The normalized spacial score (nSPS) is 17.7. The van der Waals surface area contributed by atoms with Crippen LogP contribution in [0.15, 0.2) is 48.5 Å². The summed E-state index contributed by atoms with van der Waals surface area (Å²) < 4.78 is 13.0. The second kappa shape index (κ2) is 7.25. The van der Waals surface area contributed by atoms with Crippen LogP contribution in [0.5, 0.6) is 0 Å². The Kier molecular flexibility index (Phi) is 4.89. The lowest BCUT2D eigenvalue weighted by atomic mass is 10.0. The maximum atomic E-state index is 13.0. The molecule has 2 aromatic rings. The predicted molar refractivity (Wildman–Crippen MR) is 90.0 cm³/mol. The molecule has 24 heavy (non-hydrogen) atoms. The van der Waals surface area contributed by atoms with Crippen LogP contribution < -0.4 is 10.6 Å². The van der Waals surface area contributed by atoms with E-state index < -0.39 is 0 Å². The maximum Gasteiger partial charge on any atom is 0.251 e. The van der Waals surface area contributed by atoms with Gasteiger partial charge in [0.15, 0.2) is 0 Å². The molecule has 1 heterocycles. The summed E-state index contributed by atoms with van der Waals surface area (Å²) in [5.74, 6) is -0.374. The van der Waals surface area contributed by atoms with Crippen LogP contribution in [-0.4, -0.2) is 24.4 Å². The van der Waals surface area contributed by atoms with Crippen LogP contribution in [0.4, 0.5) is 4.39 Å². The maximum absolute atomic E-state index is 13.0. The van der Waals surface area contributed by atoms with Gasteiger partial charge in [-0.3, -0.25) is 9.59 Å². The summed E-state index contributed by atoms with van der Waals surface area (Å²) in [6.07, 6.45) is 1.84. The number of hydrogen-bond acceptors (Lipinski definition) is 2. The summed E-state index contributed by atoms with van der Waals surface area (Å²) in [6, 6.07) is 13.5. The molecule has 1 saturated heterocycles. The Morgan fingerprint density at radius 2 is 1.62 bits per heavy atom. The number of hydrogen-bond donors (Lipinski definition) is 2. The van der Waals surface area contributed by atoms with Crippen LogP contribution >= 0.6 is 0 Å². The van der Waals surface area contributed by atoms with Gasteiger partial charge in [-0.25, -0.2) is 4.39 Å². The fourth-order valence-corrected chi connectivity index (χ4v) is 2.79. The summed E-state index contributed by atoms with van der Waals surface area (Å²) in [5, 5.41) is 5.78. The third-order valence-corrected chi connectivity index (χ3v) is 4.19. The average Bonchev–Trinajstić information content (AvgIpc) is 2.80. The molecule has 1 aliphatic rings. The lowest BCUT2D eigenvalue weighted by Gasteiger charge is -2.15. The highest BCUT2D eigenvalue weighted by Gasteiger charge is 2.18. The van der Waals surface area contributed by atoms with Crippen molar-refractivity contribution in [1.29, 1.82) is 0 Å². The van der Waals surface area contributed by atoms with E-state index in [1.807, 2.05) is 12.1 Å². The minimum atomic E-state index is -0.272. The van der Waals surface area contributed by atoms with Gasteiger partial charge >= 0.3 is 0 Å². The topological polar surface area (TPSA) is 58.2 Å². The zero-order valence-electron chi connectivity index (χ0n) is 13.2. The molecule has 0 spiro atoms. The van der Waals surface area contributed by atoms with Gasteiger partial charge in [-0.15, -0.1) is 0 Å². The molecule has 4 nitrogen and oxygen atoms in total. The molecule has 0 aromatic heterocycles. The second-order valence-corrected chi connectivity index (χ2v) is 5.93. The lowest BCUT2D eigenvalue weighted by Crippen LogP contribution is -2.35. The smallest absolute Gasteiger partial charge is 0.251 e. The zero-order chi connectivity index (χ0) is 16.9. The zero-order valence-corrected chi connectivity index (χ0v) is 13.2. The molecule has 3 rings (SSSR count). The Hall–Kier alpha value is -2.69. The van der Waals surface area contributed by atoms with Crippen LogP contribution in [0.2, 0.25) is 0 Å². The van der Waals surface area contributed by atoms with Crippen molar-refractivity contribution in [3.05, 3.63) is 59.9 Å². The highest BCUT2D eigenvalue weighted by atomic mass is 19.1. The Labute approximate surface area is 140 Å². The summed E-state index contributed by atoms with van der Waals surface area (Å²) in [7, 11) is 0. The third kappa shape index (κ3) is 3.98. The fraction of sp³-hybridized carbons (Fsp3) is 0.263. The van der Waals surface area contributed by atoms with Crippen LogP contribution in [0.3, 0.4) is 0 Å². The van der Waals surface area contributed by atoms with Gasteiger partial charge in [-0.1, -0.05) is 24.3 Å². The quantitative estimate of drug-likeness (QED) is 0.911. The van der Waals surface area contributed by atoms with Crippen molar-refractivity contribution in [3.63, 3.8) is 0 Å². The highest BCUT2D eigenvalue weighted by Crippen LogP contribution is 2.20. The number of carbonyl (C=O) groups is 2. The minimum absolute atomic E-state index is 0.00762. The Bertz CT molecular complexity index is 726. The monoisotopic (exact) mass is 326 g/mol. The number of nitrogens with one attached hydrogen (secondary N) is 2. The van der Waals surface area contributed by atoms with Gasteiger partial charge in [-0.2, -0.15) is 0 Å². The molecule has 2 amide bonds. The van der Waals surface area contributed by atoms with E-state index in [-0.39, 0.29) is 23.7 Å². The van der Waals surface area contributed by atoms with Gasteiger partial charge in [-0.05, 0) is 48.2 Å². The third-order valence-electron chi connectivity index (χ3n) is 4.19. The Morgan fingerprint density at radius 1 is 1.00 bits per heavy atom. The standard InChI is InChI=1S/C19H19FN2O2/c20-16-7-5-14(6-8-16)13-1-3-15(4-2-13)19(24)22-17-9-10-18(23)21-12-11-17/h1-8,17H,9-12H2,(H,21,23)(H,22,24). The minimum Gasteiger partial charge on any atom is -0.356 e. The molecule has 0 saturated carbocycles. The molecule has 1 fully saturated rings. The summed E-state index contributed by atoms with van der Waals surface area (Å²) in [5.41, 5.74) is 2.40. The van der Waals surface area contributed by atoms with Crippen molar-refractivity contribution in [2.24, 2.45) is 0 Å². The number of benzene rings is 2. The van der Waals surface area contributed by atoms with E-state index >= 15 is 0 Å². The first-order chi connectivity index (χ1) is 11.6. The number of amides is 2. The van der Waals surface area contributed by atoms with Crippen LogP contribution in [-0.2, 0) is 4.79 Å². The molecule has 1 aliphatic heterocycles. The van der Waals surface area contributed by atoms with Gasteiger partial charge in [0.05, 0.1) is 0 Å². The van der Waals surface area contributed by atoms with Crippen LogP contribution in [0.1, 0.15) is 29.6 Å². The largest absolute Gasteiger partial charge is 0.356 e. The van der Waals surface area contributed by atoms with E-state index in [9.17, 15) is 14.0 Å². The SMILES string of the molecule is O=C1CCC(NC(=O)c2ccc(-c3ccc(F)cc3)cc2)CCN1. The molecular formula is C19H19FN2O2. The molecule has 0 aliphatic carbocycles. The molecule has 2 aromatic carbocycles. The predicted octanol–water partition coefficient (Wildman–Crippen LogP) is 2.89. The number of rotatable bonds is 3. The highest BCUT2D eigenvalue weighted by molar-refractivity contribution is 5.95. The molecule has 1 unspecified atom stereocenters. The number of halogens is 1. The van der Waals surface area contributed by atoms with E-state index in [1.54, 1.807) is 24.3 Å². The molecular weight excluding hydrogens is 307 g/mol. The van der Waals surface area contributed by atoms with Crippen molar-refractivity contribution >= 4 is 11.8 Å².